The Morgan fingerprint density at radius 2 is 2.20 bits per heavy atom. The summed E-state index contributed by atoms with van der Waals surface area (Å²) < 4.78 is 1.67. The van der Waals surface area contributed by atoms with Gasteiger partial charge in [-0.3, -0.25) is 14.3 Å². The molecule has 3 heterocycles. The van der Waals surface area contributed by atoms with Gasteiger partial charge in [0.2, 0.25) is 5.91 Å². The first-order chi connectivity index (χ1) is 12.1. The van der Waals surface area contributed by atoms with E-state index in [-0.39, 0.29) is 18.4 Å². The minimum Gasteiger partial charge on any atom is -0.349 e. The van der Waals surface area contributed by atoms with E-state index in [9.17, 15) is 9.59 Å². The fourth-order valence-corrected chi connectivity index (χ4v) is 2.66. The average Bonchev–Trinajstić information content (AvgIpc) is 3.05. The lowest BCUT2D eigenvalue weighted by atomic mass is 10.2. The summed E-state index contributed by atoms with van der Waals surface area (Å²) >= 11 is 0. The minimum absolute atomic E-state index is 0.00569. The topological polar surface area (TPSA) is 83.4 Å². The van der Waals surface area contributed by atoms with E-state index in [1.165, 1.54) is 6.20 Å². The van der Waals surface area contributed by atoms with E-state index in [0.29, 0.717) is 31.0 Å². The number of aryl methyl sites for hydroxylation is 1. The average molecular weight is 340 g/mol. The molecule has 0 bridgehead atoms. The maximum atomic E-state index is 12.4. The molecule has 0 saturated carbocycles. The van der Waals surface area contributed by atoms with Gasteiger partial charge >= 0.3 is 0 Å². The molecule has 1 aliphatic rings. The highest BCUT2D eigenvalue weighted by molar-refractivity contribution is 5.97. The summed E-state index contributed by atoms with van der Waals surface area (Å²) in [6.45, 7) is 5.43. The van der Waals surface area contributed by atoms with Gasteiger partial charge in [0, 0.05) is 39.1 Å². The fourth-order valence-electron chi connectivity index (χ4n) is 2.66. The molecule has 1 aliphatic heterocycles. The van der Waals surface area contributed by atoms with Crippen molar-refractivity contribution in [1.29, 1.82) is 0 Å². The Kier molecular flexibility index (Phi) is 4.78. The zero-order chi connectivity index (χ0) is 17.8. The van der Waals surface area contributed by atoms with E-state index >= 15 is 0 Å². The Morgan fingerprint density at radius 3 is 2.80 bits per heavy atom. The van der Waals surface area contributed by atoms with Crippen molar-refractivity contribution in [3.8, 4) is 0 Å². The molecule has 2 amide bonds. The third-order valence-electron chi connectivity index (χ3n) is 3.96. The zero-order valence-corrected chi connectivity index (χ0v) is 14.1. The number of aromatic nitrogens is 3. The molecule has 0 aliphatic carbocycles. The summed E-state index contributed by atoms with van der Waals surface area (Å²) in [7, 11) is 1.82. The number of hydrogen-bond acceptors (Lipinski definition) is 5. The molecule has 0 radical (unpaired) electrons. The predicted octanol–water partition coefficient (Wildman–Crippen LogP) is 0.584. The van der Waals surface area contributed by atoms with Crippen LogP contribution in [-0.4, -0.2) is 52.8 Å². The number of hydrogen-bond donors (Lipinski definition) is 1. The van der Waals surface area contributed by atoms with Crippen molar-refractivity contribution in [3.05, 3.63) is 48.9 Å². The molecule has 2 aromatic rings. The van der Waals surface area contributed by atoms with Crippen molar-refractivity contribution < 1.29 is 9.59 Å². The highest BCUT2D eigenvalue weighted by atomic mass is 16.2. The third kappa shape index (κ3) is 3.68. The second-order valence-electron chi connectivity index (χ2n) is 5.74. The van der Waals surface area contributed by atoms with E-state index in [2.05, 4.69) is 22.0 Å². The van der Waals surface area contributed by atoms with E-state index in [1.807, 2.05) is 18.1 Å². The van der Waals surface area contributed by atoms with Crippen molar-refractivity contribution in [2.75, 3.05) is 36.0 Å². The van der Waals surface area contributed by atoms with Gasteiger partial charge in [-0.05, 0) is 12.1 Å². The van der Waals surface area contributed by atoms with Crippen LogP contribution in [0.4, 0.5) is 11.5 Å². The number of anilines is 2. The smallest absolute Gasteiger partial charge is 0.253 e. The first kappa shape index (κ1) is 16.7. The van der Waals surface area contributed by atoms with E-state index < -0.39 is 0 Å². The van der Waals surface area contributed by atoms with E-state index in [0.717, 1.165) is 5.69 Å². The molecule has 1 saturated heterocycles. The fraction of sp³-hybridized carbons (Fsp3) is 0.294. The summed E-state index contributed by atoms with van der Waals surface area (Å²) in [5, 5.41) is 6.81. The van der Waals surface area contributed by atoms with Crippen LogP contribution in [0.1, 0.15) is 10.4 Å². The summed E-state index contributed by atoms with van der Waals surface area (Å²) in [6, 6.07) is 3.47. The molecule has 1 N–H and O–H groups in total. The molecule has 0 spiro atoms. The Morgan fingerprint density at radius 1 is 1.36 bits per heavy atom. The highest BCUT2D eigenvalue weighted by Crippen LogP contribution is 2.19. The van der Waals surface area contributed by atoms with Crippen LogP contribution in [0.5, 0.6) is 0 Å². The number of amides is 2. The molecule has 8 heteroatoms. The number of carbonyl (C=O) groups excluding carboxylic acids is 2. The van der Waals surface area contributed by atoms with Crippen molar-refractivity contribution >= 4 is 23.3 Å². The van der Waals surface area contributed by atoms with Gasteiger partial charge < -0.3 is 15.1 Å². The summed E-state index contributed by atoms with van der Waals surface area (Å²) in [5.74, 6) is 0.477. The second-order valence-corrected chi connectivity index (χ2v) is 5.74. The molecule has 2 aromatic heterocycles. The van der Waals surface area contributed by atoms with Crippen LogP contribution in [0.3, 0.4) is 0 Å². The first-order valence-electron chi connectivity index (χ1n) is 7.97. The lowest BCUT2D eigenvalue weighted by molar-refractivity contribution is -0.117. The van der Waals surface area contributed by atoms with Crippen LogP contribution < -0.4 is 15.1 Å². The van der Waals surface area contributed by atoms with Crippen molar-refractivity contribution in [3.63, 3.8) is 0 Å². The van der Waals surface area contributed by atoms with Crippen LogP contribution >= 0.6 is 0 Å². The SMILES string of the molecule is C=CCNC(=O)c1ccc(N2CCN(c3cnn(C)c3)C(=O)C2)nc1. The van der Waals surface area contributed by atoms with Crippen molar-refractivity contribution in [2.45, 2.75) is 0 Å². The molecule has 0 unspecified atom stereocenters. The maximum absolute atomic E-state index is 12.4. The predicted molar refractivity (Wildman–Crippen MR) is 94.5 cm³/mol. The van der Waals surface area contributed by atoms with Gasteiger partial charge in [0.1, 0.15) is 5.82 Å². The molecule has 0 aromatic carbocycles. The Bertz CT molecular complexity index is 783. The van der Waals surface area contributed by atoms with Crippen LogP contribution in [0, 0.1) is 0 Å². The van der Waals surface area contributed by atoms with Crippen LogP contribution in [0.25, 0.3) is 0 Å². The molecule has 8 nitrogen and oxygen atoms in total. The largest absolute Gasteiger partial charge is 0.349 e. The number of nitrogens with one attached hydrogen (secondary N) is 1. The van der Waals surface area contributed by atoms with Gasteiger partial charge in [0.25, 0.3) is 5.91 Å². The molecular weight excluding hydrogens is 320 g/mol. The van der Waals surface area contributed by atoms with Crippen LogP contribution in [0.2, 0.25) is 0 Å². The molecular formula is C17H20N6O2. The van der Waals surface area contributed by atoms with Crippen molar-refractivity contribution in [1.82, 2.24) is 20.1 Å². The number of piperazine rings is 1. The number of pyridine rings is 1. The van der Waals surface area contributed by atoms with Gasteiger partial charge in [-0.1, -0.05) is 6.08 Å². The molecule has 25 heavy (non-hydrogen) atoms. The summed E-state index contributed by atoms with van der Waals surface area (Å²) in [5.41, 5.74) is 1.28. The van der Waals surface area contributed by atoms with Crippen molar-refractivity contribution in [2.24, 2.45) is 7.05 Å². The summed E-state index contributed by atoms with van der Waals surface area (Å²) in [4.78, 5) is 32.2. The monoisotopic (exact) mass is 340 g/mol. The Balaban J connectivity index is 1.65. The maximum Gasteiger partial charge on any atom is 0.253 e. The molecule has 130 valence electrons. The lowest BCUT2D eigenvalue weighted by Crippen LogP contribution is -2.50. The zero-order valence-electron chi connectivity index (χ0n) is 14.1. The Labute approximate surface area is 145 Å². The van der Waals surface area contributed by atoms with Gasteiger partial charge in [0.05, 0.1) is 24.0 Å². The second kappa shape index (κ2) is 7.16. The van der Waals surface area contributed by atoms with Crippen LogP contribution in [-0.2, 0) is 11.8 Å². The van der Waals surface area contributed by atoms with E-state index in [1.54, 1.807) is 34.0 Å². The van der Waals surface area contributed by atoms with Gasteiger partial charge in [-0.2, -0.15) is 5.10 Å². The number of carbonyl (C=O) groups is 2. The minimum atomic E-state index is -0.198. The molecule has 0 atom stereocenters. The Hall–Kier alpha value is -3.16. The number of nitrogens with zero attached hydrogens (tertiary/aromatic N) is 5. The molecule has 3 rings (SSSR count). The first-order valence-corrected chi connectivity index (χ1v) is 7.97. The highest BCUT2D eigenvalue weighted by Gasteiger charge is 2.26. The van der Waals surface area contributed by atoms with E-state index in [4.69, 9.17) is 0 Å². The number of rotatable bonds is 5. The lowest BCUT2D eigenvalue weighted by Gasteiger charge is -2.34. The van der Waals surface area contributed by atoms with Gasteiger partial charge in [-0.25, -0.2) is 4.98 Å². The standard InChI is InChI=1S/C17H20N6O2/c1-3-6-18-17(25)13-4-5-15(19-9-13)22-7-8-23(16(24)12-22)14-10-20-21(2)11-14/h3-5,9-11H,1,6-8,12H2,2H3,(H,18,25). The normalized spacial score (nSPS) is 14.5. The van der Waals surface area contributed by atoms with Gasteiger partial charge in [-0.15, -0.1) is 6.58 Å². The van der Waals surface area contributed by atoms with Crippen LogP contribution in [0.15, 0.2) is 43.4 Å². The quantitative estimate of drug-likeness (QED) is 0.805. The summed E-state index contributed by atoms with van der Waals surface area (Å²) in [6.07, 6.45) is 6.64. The third-order valence-corrected chi connectivity index (χ3v) is 3.96. The van der Waals surface area contributed by atoms with Gasteiger partial charge in [0.15, 0.2) is 0 Å². The molecule has 1 fully saturated rings.